The zero-order valence-electron chi connectivity index (χ0n) is 11.1. The minimum absolute atomic E-state index is 0.0999. The molecular weight excluding hydrogens is 325 g/mol. The van der Waals surface area contributed by atoms with E-state index in [1.165, 1.54) is 0 Å². The summed E-state index contributed by atoms with van der Waals surface area (Å²) in [6.45, 7) is 2.46. The number of hydrogen-bond donors (Lipinski definition) is 0. The lowest BCUT2D eigenvalue weighted by molar-refractivity contribution is -0.0312. The van der Waals surface area contributed by atoms with Gasteiger partial charge in [-0.1, -0.05) is 15.9 Å². The van der Waals surface area contributed by atoms with Crippen LogP contribution >= 0.6 is 15.9 Å². The van der Waals surface area contributed by atoms with Crippen LogP contribution in [0, 0.1) is 12.7 Å². The highest BCUT2D eigenvalue weighted by Gasteiger charge is 2.22. The molecular formula is C14H15BrFN3O. The molecule has 1 unspecified atom stereocenters. The molecule has 0 N–H and O–H groups in total. The van der Waals surface area contributed by atoms with Crippen molar-refractivity contribution >= 4 is 15.9 Å². The SMILES string of the molecule is Cc1c(Br)ccc(-c2nncn2C2CCCCO2)c1F. The highest BCUT2D eigenvalue weighted by molar-refractivity contribution is 9.10. The molecule has 1 fully saturated rings. The standard InChI is InChI=1S/C14H15BrFN3O/c1-9-11(15)6-5-10(13(9)16)14-18-17-8-19(14)12-4-2-3-7-20-12/h5-6,8,12H,2-4,7H2,1H3. The highest BCUT2D eigenvalue weighted by Crippen LogP contribution is 2.31. The van der Waals surface area contributed by atoms with Crippen molar-refractivity contribution in [3.8, 4) is 11.4 Å². The second-order valence-electron chi connectivity index (χ2n) is 4.92. The minimum atomic E-state index is -0.274. The third kappa shape index (κ3) is 2.38. The molecule has 1 atom stereocenters. The van der Waals surface area contributed by atoms with Crippen molar-refractivity contribution in [1.29, 1.82) is 0 Å². The molecule has 0 bridgehead atoms. The quantitative estimate of drug-likeness (QED) is 0.834. The number of aromatic nitrogens is 3. The van der Waals surface area contributed by atoms with Gasteiger partial charge in [0.1, 0.15) is 18.4 Å². The molecule has 1 aromatic carbocycles. The molecule has 20 heavy (non-hydrogen) atoms. The summed E-state index contributed by atoms with van der Waals surface area (Å²) in [7, 11) is 0. The zero-order valence-corrected chi connectivity index (χ0v) is 12.7. The normalized spacial score (nSPS) is 19.2. The summed E-state index contributed by atoms with van der Waals surface area (Å²) in [5.74, 6) is 0.245. The maximum atomic E-state index is 14.4. The zero-order chi connectivity index (χ0) is 14.1. The fraction of sp³-hybridized carbons (Fsp3) is 0.429. The summed E-state index contributed by atoms with van der Waals surface area (Å²) >= 11 is 3.33. The van der Waals surface area contributed by atoms with Crippen molar-refractivity contribution in [1.82, 2.24) is 14.8 Å². The van der Waals surface area contributed by atoms with E-state index in [2.05, 4.69) is 26.1 Å². The first-order valence-electron chi connectivity index (χ1n) is 6.64. The Kier molecular flexibility index (Phi) is 3.85. The lowest BCUT2D eigenvalue weighted by atomic mass is 10.1. The van der Waals surface area contributed by atoms with Crippen molar-refractivity contribution in [3.63, 3.8) is 0 Å². The molecule has 2 aromatic rings. The van der Waals surface area contributed by atoms with Crippen molar-refractivity contribution < 1.29 is 9.13 Å². The van der Waals surface area contributed by atoms with Crippen molar-refractivity contribution in [2.75, 3.05) is 6.61 Å². The van der Waals surface area contributed by atoms with Gasteiger partial charge in [-0.05, 0) is 43.9 Å². The summed E-state index contributed by atoms with van der Waals surface area (Å²) in [5.41, 5.74) is 1.03. The smallest absolute Gasteiger partial charge is 0.168 e. The Morgan fingerprint density at radius 1 is 1.40 bits per heavy atom. The predicted molar refractivity (Wildman–Crippen MR) is 76.7 cm³/mol. The predicted octanol–water partition coefficient (Wildman–Crippen LogP) is 3.85. The Morgan fingerprint density at radius 2 is 2.25 bits per heavy atom. The van der Waals surface area contributed by atoms with Crippen LogP contribution in [0.25, 0.3) is 11.4 Å². The van der Waals surface area contributed by atoms with E-state index in [1.807, 2.05) is 10.6 Å². The number of ether oxygens (including phenoxy) is 1. The fourth-order valence-electron chi connectivity index (χ4n) is 2.42. The molecule has 1 aromatic heterocycles. The molecule has 3 rings (SSSR count). The van der Waals surface area contributed by atoms with Gasteiger partial charge in [-0.25, -0.2) is 4.39 Å². The van der Waals surface area contributed by atoms with E-state index >= 15 is 0 Å². The fourth-order valence-corrected chi connectivity index (χ4v) is 2.73. The molecule has 2 heterocycles. The third-order valence-corrected chi connectivity index (χ3v) is 4.46. The van der Waals surface area contributed by atoms with Crippen molar-refractivity contribution in [2.45, 2.75) is 32.4 Å². The average Bonchev–Trinajstić information content (AvgIpc) is 2.95. The van der Waals surface area contributed by atoms with Crippen LogP contribution in [0.2, 0.25) is 0 Å². The van der Waals surface area contributed by atoms with Gasteiger partial charge in [0.25, 0.3) is 0 Å². The second-order valence-corrected chi connectivity index (χ2v) is 5.77. The lowest BCUT2D eigenvalue weighted by Gasteiger charge is -2.24. The second kappa shape index (κ2) is 5.61. The van der Waals surface area contributed by atoms with Gasteiger partial charge in [0, 0.05) is 11.1 Å². The molecule has 6 heteroatoms. The summed E-state index contributed by atoms with van der Waals surface area (Å²) in [4.78, 5) is 0. The van der Waals surface area contributed by atoms with Crippen LogP contribution in [-0.2, 0) is 4.74 Å². The minimum Gasteiger partial charge on any atom is -0.358 e. The summed E-state index contributed by atoms with van der Waals surface area (Å²) in [6.07, 6.45) is 4.59. The summed E-state index contributed by atoms with van der Waals surface area (Å²) < 4.78 is 22.7. The van der Waals surface area contributed by atoms with Crippen LogP contribution in [0.3, 0.4) is 0 Å². The maximum absolute atomic E-state index is 14.4. The van der Waals surface area contributed by atoms with Gasteiger partial charge in [0.2, 0.25) is 0 Å². The molecule has 0 saturated carbocycles. The molecule has 1 aliphatic rings. The Hall–Kier alpha value is -1.27. The van der Waals surface area contributed by atoms with E-state index in [0.717, 1.165) is 30.3 Å². The Balaban J connectivity index is 2.03. The summed E-state index contributed by atoms with van der Waals surface area (Å²) in [6, 6.07) is 3.55. The van der Waals surface area contributed by atoms with E-state index in [4.69, 9.17) is 4.74 Å². The van der Waals surface area contributed by atoms with Crippen LogP contribution in [0.15, 0.2) is 22.9 Å². The molecule has 4 nitrogen and oxygen atoms in total. The van der Waals surface area contributed by atoms with E-state index in [0.29, 0.717) is 17.0 Å². The van der Waals surface area contributed by atoms with Gasteiger partial charge in [-0.2, -0.15) is 0 Å². The van der Waals surface area contributed by atoms with E-state index in [9.17, 15) is 4.39 Å². The molecule has 0 spiro atoms. The number of hydrogen-bond acceptors (Lipinski definition) is 3. The molecule has 106 valence electrons. The molecule has 0 aliphatic carbocycles. The molecule has 0 radical (unpaired) electrons. The first kappa shape index (κ1) is 13.7. The van der Waals surface area contributed by atoms with E-state index in [-0.39, 0.29) is 12.0 Å². The number of benzene rings is 1. The largest absolute Gasteiger partial charge is 0.358 e. The van der Waals surface area contributed by atoms with Crippen LogP contribution in [-0.4, -0.2) is 21.4 Å². The van der Waals surface area contributed by atoms with Gasteiger partial charge in [-0.15, -0.1) is 10.2 Å². The van der Waals surface area contributed by atoms with Gasteiger partial charge in [0.15, 0.2) is 5.82 Å². The third-order valence-electron chi connectivity index (χ3n) is 3.60. The molecule has 0 amide bonds. The number of rotatable bonds is 2. The number of halogens is 2. The monoisotopic (exact) mass is 339 g/mol. The van der Waals surface area contributed by atoms with Crippen LogP contribution in [0.4, 0.5) is 4.39 Å². The molecule has 1 saturated heterocycles. The van der Waals surface area contributed by atoms with Crippen molar-refractivity contribution in [2.24, 2.45) is 0 Å². The van der Waals surface area contributed by atoms with Gasteiger partial charge < -0.3 is 4.74 Å². The average molecular weight is 340 g/mol. The van der Waals surface area contributed by atoms with E-state index in [1.54, 1.807) is 19.3 Å². The van der Waals surface area contributed by atoms with E-state index < -0.39 is 0 Å². The van der Waals surface area contributed by atoms with Gasteiger partial charge in [-0.3, -0.25) is 4.57 Å². The van der Waals surface area contributed by atoms with Gasteiger partial charge in [0.05, 0.1) is 5.56 Å². The molecule has 1 aliphatic heterocycles. The highest BCUT2D eigenvalue weighted by atomic mass is 79.9. The summed E-state index contributed by atoms with van der Waals surface area (Å²) in [5, 5.41) is 7.99. The Bertz CT molecular complexity index is 623. The first-order valence-corrected chi connectivity index (χ1v) is 7.44. The maximum Gasteiger partial charge on any atom is 0.168 e. The van der Waals surface area contributed by atoms with Crippen LogP contribution < -0.4 is 0 Å². The topological polar surface area (TPSA) is 39.9 Å². The Morgan fingerprint density at radius 3 is 3.00 bits per heavy atom. The van der Waals surface area contributed by atoms with Crippen molar-refractivity contribution in [3.05, 3.63) is 34.3 Å². The van der Waals surface area contributed by atoms with Gasteiger partial charge >= 0.3 is 0 Å². The van der Waals surface area contributed by atoms with Crippen LogP contribution in [0.5, 0.6) is 0 Å². The Labute approximate surface area is 125 Å². The number of nitrogens with zero attached hydrogens (tertiary/aromatic N) is 3. The van der Waals surface area contributed by atoms with Crippen LogP contribution in [0.1, 0.15) is 31.1 Å². The lowest BCUT2D eigenvalue weighted by Crippen LogP contribution is -2.18. The first-order chi connectivity index (χ1) is 9.68.